The van der Waals surface area contributed by atoms with Crippen molar-refractivity contribution in [3.63, 3.8) is 0 Å². The SMILES string of the molecule is Cc1ccc(S(=O)(=O)NSP(c2ccccc2)c2ccccc2)cc1. The standard InChI is InChI=1S/C19H18NO2PS2/c1-16-12-14-19(15-13-16)25(21,22)20-24-23(17-8-4-2-5-9-17)18-10-6-3-7-11-18/h2-15,20H,1H3. The predicted molar refractivity (Wildman–Crippen MR) is 108 cm³/mol. The van der Waals surface area contributed by atoms with Crippen LogP contribution in [0, 0.1) is 6.92 Å². The van der Waals surface area contributed by atoms with Crippen molar-refractivity contribution in [1.29, 1.82) is 0 Å². The van der Waals surface area contributed by atoms with Crippen LogP contribution in [-0.2, 0) is 10.0 Å². The minimum absolute atomic E-state index is 0.279. The molecule has 0 aromatic heterocycles. The first-order chi connectivity index (χ1) is 12.1. The lowest BCUT2D eigenvalue weighted by Crippen LogP contribution is -2.19. The van der Waals surface area contributed by atoms with Crippen molar-refractivity contribution in [2.75, 3.05) is 0 Å². The number of hydrogen-bond donors (Lipinski definition) is 1. The first-order valence-electron chi connectivity index (χ1n) is 7.72. The molecule has 1 N–H and O–H groups in total. The molecule has 0 radical (unpaired) electrons. The maximum Gasteiger partial charge on any atom is 0.250 e. The van der Waals surface area contributed by atoms with E-state index in [1.165, 1.54) is 11.6 Å². The molecule has 3 aromatic rings. The van der Waals surface area contributed by atoms with Gasteiger partial charge in [0.05, 0.1) is 4.90 Å². The minimum Gasteiger partial charge on any atom is -0.206 e. The molecule has 6 heteroatoms. The van der Waals surface area contributed by atoms with Gasteiger partial charge in [0.25, 0.3) is 0 Å². The van der Waals surface area contributed by atoms with Gasteiger partial charge in [0.1, 0.15) is 0 Å². The number of hydrogen-bond acceptors (Lipinski definition) is 3. The van der Waals surface area contributed by atoms with Crippen molar-refractivity contribution in [2.24, 2.45) is 0 Å². The van der Waals surface area contributed by atoms with Gasteiger partial charge in [-0.3, -0.25) is 0 Å². The van der Waals surface area contributed by atoms with Crippen LogP contribution in [0.25, 0.3) is 0 Å². The van der Waals surface area contributed by atoms with E-state index in [1.807, 2.05) is 67.6 Å². The number of nitrogens with one attached hydrogen (secondary N) is 1. The molecular formula is C19H18NO2PS2. The molecule has 3 aromatic carbocycles. The molecule has 0 spiro atoms. The zero-order chi connectivity index (χ0) is 17.7. The van der Waals surface area contributed by atoms with Crippen LogP contribution in [0.3, 0.4) is 0 Å². The van der Waals surface area contributed by atoms with Crippen LogP contribution in [0.4, 0.5) is 0 Å². The summed E-state index contributed by atoms with van der Waals surface area (Å²) < 4.78 is 27.9. The predicted octanol–water partition coefficient (Wildman–Crippen LogP) is 3.97. The van der Waals surface area contributed by atoms with Gasteiger partial charge in [0.15, 0.2) is 0 Å². The largest absolute Gasteiger partial charge is 0.250 e. The molecule has 0 bridgehead atoms. The quantitative estimate of drug-likeness (QED) is 0.514. The molecule has 0 aliphatic carbocycles. The molecule has 3 nitrogen and oxygen atoms in total. The molecule has 0 saturated carbocycles. The Labute approximate surface area is 154 Å². The Balaban J connectivity index is 1.85. The van der Waals surface area contributed by atoms with E-state index in [4.69, 9.17) is 0 Å². The lowest BCUT2D eigenvalue weighted by atomic mass is 10.2. The number of benzene rings is 3. The van der Waals surface area contributed by atoms with Crippen molar-refractivity contribution < 1.29 is 8.42 Å². The van der Waals surface area contributed by atoms with E-state index < -0.39 is 17.1 Å². The maximum atomic E-state index is 12.6. The van der Waals surface area contributed by atoms with E-state index in [-0.39, 0.29) is 4.90 Å². The average molecular weight is 387 g/mol. The topological polar surface area (TPSA) is 46.2 Å². The summed E-state index contributed by atoms with van der Waals surface area (Å²) >= 11 is 1.26. The second kappa shape index (κ2) is 8.15. The molecule has 0 aliphatic rings. The number of aryl methyl sites for hydroxylation is 1. The smallest absolute Gasteiger partial charge is 0.206 e. The van der Waals surface area contributed by atoms with Crippen LogP contribution < -0.4 is 14.7 Å². The molecule has 0 aliphatic heterocycles. The van der Waals surface area contributed by atoms with E-state index in [2.05, 4.69) is 4.13 Å². The van der Waals surface area contributed by atoms with Crippen molar-refractivity contribution in [1.82, 2.24) is 4.13 Å². The van der Waals surface area contributed by atoms with Crippen LogP contribution in [0.2, 0.25) is 0 Å². The van der Waals surface area contributed by atoms with E-state index in [0.717, 1.165) is 16.2 Å². The first-order valence-corrected chi connectivity index (χ1v) is 12.0. The van der Waals surface area contributed by atoms with Gasteiger partial charge in [-0.1, -0.05) is 78.4 Å². The minimum atomic E-state index is -3.56. The second-order valence-corrected chi connectivity index (χ2v) is 11.0. The molecule has 0 amide bonds. The van der Waals surface area contributed by atoms with Crippen LogP contribution in [-0.4, -0.2) is 8.42 Å². The zero-order valence-electron chi connectivity index (χ0n) is 13.7. The Kier molecular flexibility index (Phi) is 5.92. The van der Waals surface area contributed by atoms with Gasteiger partial charge >= 0.3 is 0 Å². The fourth-order valence-corrected chi connectivity index (χ4v) is 8.11. The second-order valence-electron chi connectivity index (χ2n) is 5.46. The summed E-state index contributed by atoms with van der Waals surface area (Å²) in [5.74, 6) is 0. The molecule has 0 fully saturated rings. The van der Waals surface area contributed by atoms with Crippen LogP contribution >= 0.6 is 18.7 Å². The summed E-state index contributed by atoms with van der Waals surface area (Å²) in [7, 11) is -4.44. The highest BCUT2D eigenvalue weighted by Gasteiger charge is 2.20. The van der Waals surface area contributed by atoms with Gasteiger partial charge in [-0.05, 0) is 41.2 Å². The summed E-state index contributed by atoms with van der Waals surface area (Å²) in [4.78, 5) is 0.279. The number of sulfonamides is 1. The highest BCUT2D eigenvalue weighted by Crippen LogP contribution is 2.46. The summed E-state index contributed by atoms with van der Waals surface area (Å²) in [6, 6.07) is 26.8. The third kappa shape index (κ3) is 4.71. The fraction of sp³-hybridized carbons (Fsp3) is 0.0526. The summed E-state index contributed by atoms with van der Waals surface area (Å²) in [5.41, 5.74) is 1.03. The van der Waals surface area contributed by atoms with Crippen molar-refractivity contribution in [3.05, 3.63) is 90.5 Å². The molecule has 25 heavy (non-hydrogen) atoms. The average Bonchev–Trinajstić information content (AvgIpc) is 2.64. The Bertz CT molecular complexity index is 875. The van der Waals surface area contributed by atoms with Crippen molar-refractivity contribution in [2.45, 2.75) is 11.8 Å². The Morgan fingerprint density at radius 2 is 1.24 bits per heavy atom. The van der Waals surface area contributed by atoms with E-state index >= 15 is 0 Å². The summed E-state index contributed by atoms with van der Waals surface area (Å²) in [6.07, 6.45) is 0. The Morgan fingerprint density at radius 3 is 1.72 bits per heavy atom. The summed E-state index contributed by atoms with van der Waals surface area (Å²) in [6.45, 7) is 1.93. The highest BCUT2D eigenvalue weighted by atomic mass is 32.7. The third-order valence-corrected chi connectivity index (χ3v) is 9.82. The summed E-state index contributed by atoms with van der Waals surface area (Å²) in [5, 5.41) is 2.22. The molecule has 3 rings (SSSR count). The molecule has 0 heterocycles. The van der Waals surface area contributed by atoms with Crippen LogP contribution in [0.5, 0.6) is 0 Å². The van der Waals surface area contributed by atoms with Gasteiger partial charge in [0, 0.05) is 7.12 Å². The lowest BCUT2D eigenvalue weighted by molar-refractivity contribution is 0.594. The van der Waals surface area contributed by atoms with Crippen molar-refractivity contribution in [3.8, 4) is 0 Å². The van der Waals surface area contributed by atoms with E-state index in [1.54, 1.807) is 24.3 Å². The van der Waals surface area contributed by atoms with Gasteiger partial charge in [-0.25, -0.2) is 8.42 Å². The van der Waals surface area contributed by atoms with Crippen LogP contribution in [0.1, 0.15) is 5.56 Å². The van der Waals surface area contributed by atoms with E-state index in [0.29, 0.717) is 0 Å². The normalized spacial score (nSPS) is 11.6. The molecule has 0 saturated heterocycles. The fourth-order valence-electron chi connectivity index (χ4n) is 2.23. The Hall–Kier alpha value is -1.65. The molecule has 0 atom stereocenters. The van der Waals surface area contributed by atoms with Gasteiger partial charge < -0.3 is 0 Å². The first kappa shape index (κ1) is 18.2. The molecular weight excluding hydrogens is 369 g/mol. The van der Waals surface area contributed by atoms with Crippen molar-refractivity contribution >= 4 is 39.3 Å². The van der Waals surface area contributed by atoms with E-state index in [9.17, 15) is 8.42 Å². The Morgan fingerprint density at radius 1 is 0.760 bits per heavy atom. The van der Waals surface area contributed by atoms with Gasteiger partial charge in [-0.2, -0.15) is 4.13 Å². The highest BCUT2D eigenvalue weighted by molar-refractivity contribution is 8.60. The lowest BCUT2D eigenvalue weighted by Gasteiger charge is -2.18. The number of rotatable bonds is 6. The van der Waals surface area contributed by atoms with Crippen LogP contribution in [0.15, 0.2) is 89.8 Å². The third-order valence-electron chi connectivity index (χ3n) is 3.55. The monoisotopic (exact) mass is 387 g/mol. The zero-order valence-corrected chi connectivity index (χ0v) is 16.2. The van der Waals surface area contributed by atoms with Gasteiger partial charge in [0.2, 0.25) is 10.0 Å². The molecule has 0 unspecified atom stereocenters. The molecule has 128 valence electrons. The van der Waals surface area contributed by atoms with Gasteiger partial charge in [-0.15, -0.1) is 0 Å². The maximum absolute atomic E-state index is 12.6.